The summed E-state index contributed by atoms with van der Waals surface area (Å²) in [6, 6.07) is 0. The Morgan fingerprint density at radius 1 is 1.15 bits per heavy atom. The highest BCUT2D eigenvalue weighted by molar-refractivity contribution is 7.26. The van der Waals surface area contributed by atoms with Gasteiger partial charge in [-0.15, -0.1) is 22.7 Å². The Morgan fingerprint density at radius 3 is 2.31 bits per heavy atom. The molecular formula is C9H10F2S2. The zero-order chi connectivity index (χ0) is 10.0. The molecule has 0 amide bonds. The van der Waals surface area contributed by atoms with Crippen molar-refractivity contribution in [3.8, 4) is 0 Å². The molecule has 0 unspecified atom stereocenters. The van der Waals surface area contributed by atoms with E-state index in [0.29, 0.717) is 4.70 Å². The number of hydrogen-bond acceptors (Lipinski definition) is 2. The third kappa shape index (κ3) is 1.74. The highest BCUT2D eigenvalue weighted by Crippen LogP contribution is 2.35. The van der Waals surface area contributed by atoms with E-state index >= 15 is 0 Å². The summed E-state index contributed by atoms with van der Waals surface area (Å²) in [4.78, 5) is 0. The number of thiophene rings is 2. The molecule has 0 saturated carbocycles. The van der Waals surface area contributed by atoms with Crippen molar-refractivity contribution < 1.29 is 8.78 Å². The van der Waals surface area contributed by atoms with E-state index in [1.54, 1.807) is 0 Å². The van der Waals surface area contributed by atoms with Gasteiger partial charge in [0.1, 0.15) is 0 Å². The van der Waals surface area contributed by atoms with E-state index in [4.69, 9.17) is 0 Å². The molecule has 0 bridgehead atoms. The topological polar surface area (TPSA) is 0 Å². The Hall–Kier alpha value is -0.480. The summed E-state index contributed by atoms with van der Waals surface area (Å²) >= 11 is 2.14. The molecular weight excluding hydrogens is 210 g/mol. The number of aryl methyl sites for hydroxylation is 1. The van der Waals surface area contributed by atoms with Crippen LogP contribution in [0.4, 0.5) is 8.78 Å². The van der Waals surface area contributed by atoms with E-state index in [-0.39, 0.29) is 0 Å². The molecule has 2 heterocycles. The van der Waals surface area contributed by atoms with E-state index < -0.39 is 10.9 Å². The van der Waals surface area contributed by atoms with Crippen LogP contribution in [0.15, 0.2) is 5.38 Å². The molecule has 72 valence electrons. The van der Waals surface area contributed by atoms with Crippen molar-refractivity contribution in [3.05, 3.63) is 21.9 Å². The molecule has 0 nitrogen and oxygen atoms in total. The van der Waals surface area contributed by atoms with Crippen LogP contribution in [0.1, 0.15) is 19.4 Å². The molecule has 0 aliphatic heterocycles. The Morgan fingerprint density at radius 2 is 1.77 bits per heavy atom. The summed E-state index contributed by atoms with van der Waals surface area (Å²) < 4.78 is 26.6. The van der Waals surface area contributed by atoms with Crippen LogP contribution in [0.3, 0.4) is 0 Å². The van der Waals surface area contributed by atoms with Crippen LogP contribution in [0.25, 0.3) is 9.40 Å². The molecule has 2 aromatic heterocycles. The molecule has 0 fully saturated rings. The fourth-order valence-electron chi connectivity index (χ4n) is 0.935. The third-order valence-corrected chi connectivity index (χ3v) is 3.79. The first kappa shape index (κ1) is 10.6. The van der Waals surface area contributed by atoms with Crippen molar-refractivity contribution in [2.75, 3.05) is 0 Å². The average Bonchev–Trinajstić information content (AvgIpc) is 2.62. The maximum absolute atomic E-state index is 12.8. The molecule has 0 aliphatic rings. The molecule has 0 atom stereocenters. The monoisotopic (exact) mass is 220 g/mol. The summed E-state index contributed by atoms with van der Waals surface area (Å²) in [6.45, 7) is 5.86. The predicted molar refractivity (Wildman–Crippen MR) is 55.7 cm³/mol. The summed E-state index contributed by atoms with van der Waals surface area (Å²) in [7, 11) is 0. The van der Waals surface area contributed by atoms with Crippen LogP contribution in [0, 0.1) is 17.9 Å². The highest BCUT2D eigenvalue weighted by atomic mass is 32.1. The third-order valence-electron chi connectivity index (χ3n) is 1.48. The van der Waals surface area contributed by atoms with Gasteiger partial charge in [-0.3, -0.25) is 0 Å². The second-order valence-corrected chi connectivity index (χ2v) is 4.12. The lowest BCUT2D eigenvalue weighted by Crippen LogP contribution is -1.66. The quantitative estimate of drug-likeness (QED) is 0.609. The normalized spacial score (nSPS) is 9.92. The van der Waals surface area contributed by atoms with Gasteiger partial charge in [-0.05, 0) is 17.9 Å². The Balaban J connectivity index is 0.000000396. The molecule has 0 N–H and O–H groups in total. The van der Waals surface area contributed by atoms with E-state index in [0.717, 1.165) is 21.6 Å². The largest absolute Gasteiger partial charge is 0.214 e. The predicted octanol–water partition coefficient (Wildman–Crippen LogP) is 4.58. The minimum Gasteiger partial charge on any atom is -0.201 e. The van der Waals surface area contributed by atoms with E-state index in [2.05, 4.69) is 0 Å². The highest BCUT2D eigenvalue weighted by Gasteiger charge is 2.14. The van der Waals surface area contributed by atoms with Gasteiger partial charge in [-0.1, -0.05) is 13.8 Å². The van der Waals surface area contributed by atoms with Gasteiger partial charge in [-0.2, -0.15) is 4.39 Å². The molecule has 4 heteroatoms. The zero-order valence-electron chi connectivity index (χ0n) is 7.65. The Bertz CT molecular complexity index is 401. The maximum atomic E-state index is 12.8. The van der Waals surface area contributed by atoms with Crippen molar-refractivity contribution in [1.29, 1.82) is 0 Å². The number of rotatable bonds is 0. The van der Waals surface area contributed by atoms with Crippen molar-refractivity contribution in [2.24, 2.45) is 0 Å². The van der Waals surface area contributed by atoms with Crippen LogP contribution in [0.5, 0.6) is 0 Å². The first-order chi connectivity index (χ1) is 6.20. The molecule has 0 aromatic carbocycles. The van der Waals surface area contributed by atoms with Crippen molar-refractivity contribution in [1.82, 2.24) is 0 Å². The summed E-state index contributed by atoms with van der Waals surface area (Å²) in [6.07, 6.45) is 0. The average molecular weight is 220 g/mol. The van der Waals surface area contributed by atoms with Gasteiger partial charge >= 0.3 is 0 Å². The second-order valence-electron chi connectivity index (χ2n) is 2.27. The smallest absolute Gasteiger partial charge is 0.201 e. The maximum Gasteiger partial charge on any atom is 0.214 e. The molecule has 0 radical (unpaired) electrons. The summed E-state index contributed by atoms with van der Waals surface area (Å²) in [5, 5.41) is 1.14. The van der Waals surface area contributed by atoms with Gasteiger partial charge in [0.15, 0.2) is 5.82 Å². The minimum absolute atomic E-state index is 0.449. The lowest BCUT2D eigenvalue weighted by atomic mass is 10.4. The van der Waals surface area contributed by atoms with Gasteiger partial charge in [-0.25, -0.2) is 4.39 Å². The molecule has 0 aliphatic carbocycles. The minimum atomic E-state index is -0.699. The van der Waals surface area contributed by atoms with Gasteiger partial charge in [0.25, 0.3) is 0 Å². The van der Waals surface area contributed by atoms with E-state index in [1.165, 1.54) is 11.3 Å². The standard InChI is InChI=1S/C7H4F2S2.C2H6/c1-3-2-10-6-4(8)7(9)11-5(3)6;1-2/h2H,1H3;1-2H3. The Labute approximate surface area is 83.8 Å². The molecule has 0 saturated heterocycles. The van der Waals surface area contributed by atoms with Crippen molar-refractivity contribution in [2.45, 2.75) is 20.8 Å². The van der Waals surface area contributed by atoms with Crippen molar-refractivity contribution in [3.63, 3.8) is 0 Å². The van der Waals surface area contributed by atoms with Crippen molar-refractivity contribution >= 4 is 32.1 Å². The lowest BCUT2D eigenvalue weighted by molar-refractivity contribution is 0.539. The van der Waals surface area contributed by atoms with E-state index in [9.17, 15) is 8.78 Å². The van der Waals surface area contributed by atoms with Crippen LogP contribution >= 0.6 is 22.7 Å². The lowest BCUT2D eigenvalue weighted by Gasteiger charge is -1.76. The van der Waals surface area contributed by atoms with Crippen LogP contribution in [0.2, 0.25) is 0 Å². The van der Waals surface area contributed by atoms with Gasteiger partial charge < -0.3 is 0 Å². The van der Waals surface area contributed by atoms with E-state index in [1.807, 2.05) is 26.2 Å². The number of fused-ring (bicyclic) bond motifs is 1. The molecule has 2 aromatic rings. The van der Waals surface area contributed by atoms with Gasteiger partial charge in [0.05, 0.1) is 9.40 Å². The first-order valence-electron chi connectivity index (χ1n) is 4.01. The number of halogens is 2. The molecule has 13 heavy (non-hydrogen) atoms. The second kappa shape index (κ2) is 4.15. The fraction of sp³-hybridized carbons (Fsp3) is 0.333. The zero-order valence-corrected chi connectivity index (χ0v) is 9.28. The summed E-state index contributed by atoms with van der Waals surface area (Å²) in [5.74, 6) is -0.692. The number of hydrogen-bond donors (Lipinski definition) is 0. The van der Waals surface area contributed by atoms with Gasteiger partial charge in [0.2, 0.25) is 5.13 Å². The summed E-state index contributed by atoms with van der Waals surface area (Å²) in [5.41, 5.74) is 0.956. The SMILES string of the molecule is CC.Cc1csc2c(F)c(F)sc12. The molecule has 2 rings (SSSR count). The van der Waals surface area contributed by atoms with Gasteiger partial charge in [0, 0.05) is 0 Å². The fourth-order valence-corrected chi connectivity index (χ4v) is 2.99. The van der Waals surface area contributed by atoms with Crippen LogP contribution < -0.4 is 0 Å². The van der Waals surface area contributed by atoms with Crippen LogP contribution in [-0.4, -0.2) is 0 Å². The van der Waals surface area contributed by atoms with Crippen LogP contribution in [-0.2, 0) is 0 Å². The molecule has 0 spiro atoms. The first-order valence-corrected chi connectivity index (χ1v) is 5.71. The Kier molecular flexibility index (Phi) is 3.39.